The van der Waals surface area contributed by atoms with E-state index in [1.807, 2.05) is 32.0 Å². The minimum atomic E-state index is -0.376. The van der Waals surface area contributed by atoms with Gasteiger partial charge in [-0.15, -0.1) is 0 Å². The van der Waals surface area contributed by atoms with Crippen molar-refractivity contribution in [2.45, 2.75) is 32.2 Å². The average Bonchev–Trinajstić information content (AvgIpc) is 2.19. The summed E-state index contributed by atoms with van der Waals surface area (Å²) >= 11 is 6.09. The first-order chi connectivity index (χ1) is 7.40. The molecule has 2 nitrogen and oxygen atoms in total. The van der Waals surface area contributed by atoms with Gasteiger partial charge in [0.1, 0.15) is 0 Å². The van der Waals surface area contributed by atoms with Gasteiger partial charge in [-0.25, -0.2) is 0 Å². The minimum absolute atomic E-state index is 0.274. The zero-order valence-electron chi connectivity index (χ0n) is 9.55. The van der Waals surface area contributed by atoms with Gasteiger partial charge in [0.2, 0.25) is 0 Å². The number of nitriles is 1. The predicted molar refractivity (Wildman–Crippen MR) is 65.0 cm³/mol. The monoisotopic (exact) mass is 234 g/mol. The Balaban J connectivity index is 2.35. The highest BCUT2D eigenvalue weighted by Crippen LogP contribution is 2.52. The Morgan fingerprint density at radius 3 is 2.62 bits per heavy atom. The molecule has 84 valence electrons. The Labute approximate surface area is 101 Å². The number of benzene rings is 1. The van der Waals surface area contributed by atoms with Crippen LogP contribution >= 0.6 is 11.6 Å². The second-order valence-corrected chi connectivity index (χ2v) is 5.50. The molecule has 0 atom stereocenters. The zero-order chi connectivity index (χ0) is 12.0. The maximum atomic E-state index is 9.02. The number of nitrogens with two attached hydrogens (primary N) is 1. The molecule has 1 aromatic carbocycles. The van der Waals surface area contributed by atoms with Gasteiger partial charge in [-0.3, -0.25) is 0 Å². The number of hydrogen-bond acceptors (Lipinski definition) is 2. The van der Waals surface area contributed by atoms with E-state index in [1.54, 1.807) is 0 Å². The maximum absolute atomic E-state index is 9.02. The summed E-state index contributed by atoms with van der Waals surface area (Å²) in [5, 5.41) is 9.76. The molecule has 2 rings (SSSR count). The second kappa shape index (κ2) is 3.48. The van der Waals surface area contributed by atoms with Crippen molar-refractivity contribution in [3.8, 4) is 6.07 Å². The Hall–Kier alpha value is -1.04. The van der Waals surface area contributed by atoms with Gasteiger partial charge in [-0.1, -0.05) is 23.7 Å². The molecule has 0 unspecified atom stereocenters. The molecule has 1 aliphatic carbocycles. The minimum Gasteiger partial charge on any atom is -0.321 e. The predicted octanol–water partition coefficient (Wildman–Crippen LogP) is 3.13. The van der Waals surface area contributed by atoms with Crippen molar-refractivity contribution >= 4 is 11.6 Å². The third-order valence-corrected chi connectivity index (χ3v) is 3.89. The molecule has 0 aromatic heterocycles. The molecule has 0 amide bonds. The third kappa shape index (κ3) is 1.61. The van der Waals surface area contributed by atoms with Gasteiger partial charge in [-0.2, -0.15) is 5.26 Å². The summed E-state index contributed by atoms with van der Waals surface area (Å²) in [6.45, 7) is 3.94. The van der Waals surface area contributed by atoms with Gasteiger partial charge in [0.25, 0.3) is 0 Å². The first kappa shape index (κ1) is 11.4. The molecule has 0 saturated heterocycles. The molecule has 16 heavy (non-hydrogen) atoms. The lowest BCUT2D eigenvalue weighted by Gasteiger charge is -2.49. The van der Waals surface area contributed by atoms with Crippen molar-refractivity contribution in [2.24, 2.45) is 11.1 Å². The van der Waals surface area contributed by atoms with Crippen LogP contribution in [0.15, 0.2) is 18.2 Å². The topological polar surface area (TPSA) is 49.8 Å². The molecule has 1 saturated carbocycles. The van der Waals surface area contributed by atoms with Crippen LogP contribution < -0.4 is 5.73 Å². The van der Waals surface area contributed by atoms with E-state index < -0.39 is 0 Å². The van der Waals surface area contributed by atoms with Crippen molar-refractivity contribution in [1.29, 1.82) is 5.26 Å². The molecule has 0 heterocycles. The van der Waals surface area contributed by atoms with Gasteiger partial charge in [0.05, 0.1) is 11.5 Å². The van der Waals surface area contributed by atoms with Crippen molar-refractivity contribution < 1.29 is 0 Å². The molecule has 0 bridgehead atoms. The lowest BCUT2D eigenvalue weighted by molar-refractivity contribution is 0.0972. The molecule has 0 spiro atoms. The van der Waals surface area contributed by atoms with E-state index in [9.17, 15) is 0 Å². The van der Waals surface area contributed by atoms with Crippen molar-refractivity contribution in [3.05, 3.63) is 34.3 Å². The van der Waals surface area contributed by atoms with E-state index in [2.05, 4.69) is 6.07 Å². The zero-order valence-corrected chi connectivity index (χ0v) is 10.3. The van der Waals surface area contributed by atoms with Gasteiger partial charge < -0.3 is 5.73 Å². The van der Waals surface area contributed by atoms with Crippen LogP contribution in [0.5, 0.6) is 0 Å². The smallest absolute Gasteiger partial charge is 0.0688 e. The van der Waals surface area contributed by atoms with Crippen molar-refractivity contribution in [1.82, 2.24) is 0 Å². The lowest BCUT2D eigenvalue weighted by atomic mass is 9.56. The largest absolute Gasteiger partial charge is 0.321 e. The highest BCUT2D eigenvalue weighted by Gasteiger charge is 2.51. The normalized spacial score (nSPS) is 32.9. The van der Waals surface area contributed by atoms with E-state index in [4.69, 9.17) is 22.6 Å². The quantitative estimate of drug-likeness (QED) is 0.812. The molecule has 0 aliphatic heterocycles. The molecule has 1 aromatic rings. The van der Waals surface area contributed by atoms with Crippen LogP contribution in [-0.2, 0) is 5.54 Å². The summed E-state index contributed by atoms with van der Waals surface area (Å²) in [5.74, 6) is 0. The molecule has 0 radical (unpaired) electrons. The van der Waals surface area contributed by atoms with E-state index in [0.29, 0.717) is 12.8 Å². The summed E-state index contributed by atoms with van der Waals surface area (Å²) in [5.41, 5.74) is 7.80. The Kier molecular flexibility index (Phi) is 2.49. The number of nitrogens with zero attached hydrogens (tertiary/aromatic N) is 1. The fourth-order valence-electron chi connectivity index (χ4n) is 2.76. The van der Waals surface area contributed by atoms with Crippen LogP contribution in [0.25, 0.3) is 0 Å². The average molecular weight is 235 g/mol. The standard InChI is InChI=1S/C13H15ClN2/c1-9-10(4-3-5-11(9)14)13(16)6-12(2,7-13)8-15/h3-5H,6-7,16H2,1-2H3. The van der Waals surface area contributed by atoms with E-state index in [0.717, 1.165) is 16.1 Å². The van der Waals surface area contributed by atoms with E-state index in [1.165, 1.54) is 0 Å². The fraction of sp³-hybridized carbons (Fsp3) is 0.462. The SMILES string of the molecule is Cc1c(Cl)cccc1C1(N)CC(C)(C#N)C1. The van der Waals surface area contributed by atoms with Crippen LogP contribution in [0, 0.1) is 23.7 Å². The van der Waals surface area contributed by atoms with E-state index in [-0.39, 0.29) is 11.0 Å². The number of rotatable bonds is 1. The Bertz CT molecular complexity index is 467. The molecule has 1 aliphatic rings. The first-order valence-corrected chi connectivity index (χ1v) is 5.74. The van der Waals surface area contributed by atoms with Gasteiger partial charge in [0, 0.05) is 10.6 Å². The number of hydrogen-bond donors (Lipinski definition) is 1. The van der Waals surface area contributed by atoms with Gasteiger partial charge in [0.15, 0.2) is 0 Å². The van der Waals surface area contributed by atoms with Crippen molar-refractivity contribution in [2.75, 3.05) is 0 Å². The highest BCUT2D eigenvalue weighted by molar-refractivity contribution is 6.31. The fourth-order valence-corrected chi connectivity index (χ4v) is 2.93. The van der Waals surface area contributed by atoms with Crippen LogP contribution in [0.2, 0.25) is 5.02 Å². The summed E-state index contributed by atoms with van der Waals surface area (Å²) < 4.78 is 0. The Morgan fingerprint density at radius 1 is 1.44 bits per heavy atom. The molecule has 3 heteroatoms. The molecule has 2 N–H and O–H groups in total. The lowest BCUT2D eigenvalue weighted by Crippen LogP contribution is -2.54. The highest BCUT2D eigenvalue weighted by atomic mass is 35.5. The number of halogens is 1. The van der Waals surface area contributed by atoms with Gasteiger partial charge >= 0.3 is 0 Å². The van der Waals surface area contributed by atoms with Crippen LogP contribution in [0.1, 0.15) is 30.9 Å². The molecule has 1 fully saturated rings. The maximum Gasteiger partial charge on any atom is 0.0688 e. The first-order valence-electron chi connectivity index (χ1n) is 5.36. The Morgan fingerprint density at radius 2 is 2.06 bits per heavy atom. The summed E-state index contributed by atoms with van der Waals surface area (Å²) in [4.78, 5) is 0. The summed E-state index contributed by atoms with van der Waals surface area (Å²) in [7, 11) is 0. The third-order valence-electron chi connectivity index (χ3n) is 3.49. The summed E-state index contributed by atoms with van der Waals surface area (Å²) in [6, 6.07) is 8.12. The molecular formula is C13H15ClN2. The second-order valence-electron chi connectivity index (χ2n) is 5.09. The van der Waals surface area contributed by atoms with Crippen LogP contribution in [0.4, 0.5) is 0 Å². The van der Waals surface area contributed by atoms with E-state index >= 15 is 0 Å². The van der Waals surface area contributed by atoms with Crippen LogP contribution in [0.3, 0.4) is 0 Å². The van der Waals surface area contributed by atoms with Crippen molar-refractivity contribution in [3.63, 3.8) is 0 Å². The van der Waals surface area contributed by atoms with Crippen LogP contribution in [-0.4, -0.2) is 0 Å². The molecular weight excluding hydrogens is 220 g/mol. The summed E-state index contributed by atoms with van der Waals surface area (Å²) in [6.07, 6.45) is 1.41. The van der Waals surface area contributed by atoms with Gasteiger partial charge in [-0.05, 0) is 43.9 Å².